The summed E-state index contributed by atoms with van der Waals surface area (Å²) >= 11 is 0. The van der Waals surface area contributed by atoms with E-state index in [9.17, 15) is 29.1 Å². The zero-order chi connectivity index (χ0) is 30.8. The van der Waals surface area contributed by atoms with E-state index in [0.717, 1.165) is 5.56 Å². The highest BCUT2D eigenvalue weighted by Gasteiger charge is 2.30. The number of hydrogen-bond acceptors (Lipinski definition) is 8. The number of nitrogens with two attached hydrogens (primary N) is 4. The van der Waals surface area contributed by atoms with Crippen LogP contribution in [0.1, 0.15) is 50.5 Å². The molecule has 0 bridgehead atoms. The number of amides is 3. The molecule has 0 fully saturated rings. The lowest BCUT2D eigenvalue weighted by molar-refractivity contribution is -0.143. The SMILES string of the molecule is NCCCCC(N)C(=O)NC(Cc1ccccc1)C(=O)NC(CCCN=C(N)N)C(=O)NC(CCC(=O)O)C(=O)O. The predicted octanol–water partition coefficient (Wildman–Crippen LogP) is -1.86. The quantitative estimate of drug-likeness (QED) is 0.0470. The highest BCUT2D eigenvalue weighted by molar-refractivity contribution is 5.94. The Balaban J connectivity index is 3.13. The molecule has 0 aliphatic carbocycles. The first-order valence-corrected chi connectivity index (χ1v) is 13.3. The van der Waals surface area contributed by atoms with Crippen LogP contribution in [0.3, 0.4) is 0 Å². The van der Waals surface area contributed by atoms with E-state index in [4.69, 9.17) is 28.0 Å². The molecule has 228 valence electrons. The van der Waals surface area contributed by atoms with Gasteiger partial charge in [0, 0.05) is 19.4 Å². The van der Waals surface area contributed by atoms with Crippen LogP contribution < -0.4 is 38.9 Å². The van der Waals surface area contributed by atoms with Crippen LogP contribution in [0.25, 0.3) is 0 Å². The summed E-state index contributed by atoms with van der Waals surface area (Å²) in [5.74, 6) is -4.91. The van der Waals surface area contributed by atoms with Crippen molar-refractivity contribution in [1.82, 2.24) is 16.0 Å². The molecule has 4 unspecified atom stereocenters. The molecule has 1 aromatic rings. The number of aliphatic imine (C=N–C) groups is 1. The lowest BCUT2D eigenvalue weighted by atomic mass is 10.0. The Bertz CT molecular complexity index is 1030. The number of aliphatic carboxylic acids is 2. The summed E-state index contributed by atoms with van der Waals surface area (Å²) < 4.78 is 0. The zero-order valence-electron chi connectivity index (χ0n) is 23.0. The molecule has 0 heterocycles. The summed E-state index contributed by atoms with van der Waals surface area (Å²) in [5, 5.41) is 25.9. The Labute approximate surface area is 238 Å². The maximum absolute atomic E-state index is 13.4. The number of guanidine groups is 1. The minimum Gasteiger partial charge on any atom is -0.481 e. The Morgan fingerprint density at radius 3 is 1.98 bits per heavy atom. The van der Waals surface area contributed by atoms with Crippen LogP contribution in [0, 0.1) is 0 Å². The fraction of sp³-hybridized carbons (Fsp3) is 0.538. The largest absolute Gasteiger partial charge is 0.481 e. The van der Waals surface area contributed by atoms with E-state index in [1.807, 2.05) is 0 Å². The van der Waals surface area contributed by atoms with Gasteiger partial charge in [-0.3, -0.25) is 24.2 Å². The molecule has 13 N–H and O–H groups in total. The maximum Gasteiger partial charge on any atom is 0.326 e. The van der Waals surface area contributed by atoms with Gasteiger partial charge in [0.15, 0.2) is 5.96 Å². The number of unbranched alkanes of at least 4 members (excludes halogenated alkanes) is 1. The summed E-state index contributed by atoms with van der Waals surface area (Å²) in [6, 6.07) is 4.16. The molecule has 0 aliphatic heterocycles. The molecule has 3 amide bonds. The van der Waals surface area contributed by atoms with Crippen LogP contribution in [-0.2, 0) is 30.4 Å². The van der Waals surface area contributed by atoms with E-state index >= 15 is 0 Å². The fourth-order valence-electron chi connectivity index (χ4n) is 3.82. The molecule has 1 aromatic carbocycles. The number of hydrogen-bond donors (Lipinski definition) is 9. The summed E-state index contributed by atoms with van der Waals surface area (Å²) in [7, 11) is 0. The maximum atomic E-state index is 13.4. The van der Waals surface area contributed by atoms with E-state index in [2.05, 4.69) is 20.9 Å². The van der Waals surface area contributed by atoms with Gasteiger partial charge in [-0.05, 0) is 44.2 Å². The van der Waals surface area contributed by atoms with Gasteiger partial charge in [0.2, 0.25) is 17.7 Å². The van der Waals surface area contributed by atoms with Crippen LogP contribution in [-0.4, -0.2) is 83.1 Å². The number of carboxylic acid groups (broad SMARTS) is 2. The van der Waals surface area contributed by atoms with Crippen molar-refractivity contribution >= 4 is 35.6 Å². The Kier molecular flexibility index (Phi) is 16.1. The van der Waals surface area contributed by atoms with Gasteiger partial charge < -0.3 is 49.1 Å². The number of carbonyl (C=O) groups is 5. The lowest BCUT2D eigenvalue weighted by Crippen LogP contribution is -2.57. The van der Waals surface area contributed by atoms with Gasteiger partial charge in [-0.1, -0.05) is 36.8 Å². The minimum absolute atomic E-state index is 0.0181. The number of nitrogens with zero attached hydrogens (tertiary/aromatic N) is 1. The van der Waals surface area contributed by atoms with Crippen LogP contribution in [0.2, 0.25) is 0 Å². The predicted molar refractivity (Wildman–Crippen MR) is 151 cm³/mol. The first-order valence-electron chi connectivity index (χ1n) is 13.3. The molecular formula is C26H42N8O7. The molecule has 15 nitrogen and oxygen atoms in total. The van der Waals surface area contributed by atoms with Crippen molar-refractivity contribution in [2.75, 3.05) is 13.1 Å². The van der Waals surface area contributed by atoms with Crippen LogP contribution in [0.4, 0.5) is 0 Å². The van der Waals surface area contributed by atoms with Gasteiger partial charge in [0.25, 0.3) is 0 Å². The molecule has 1 rings (SSSR count). The molecule has 0 saturated carbocycles. The number of carboxylic acids is 2. The second-order valence-electron chi connectivity index (χ2n) is 9.48. The number of benzene rings is 1. The average Bonchev–Trinajstić information content (AvgIpc) is 2.92. The lowest BCUT2D eigenvalue weighted by Gasteiger charge is -2.25. The van der Waals surface area contributed by atoms with Crippen molar-refractivity contribution in [3.05, 3.63) is 35.9 Å². The fourth-order valence-corrected chi connectivity index (χ4v) is 3.82. The molecule has 0 saturated heterocycles. The van der Waals surface area contributed by atoms with Crippen molar-refractivity contribution in [2.24, 2.45) is 27.9 Å². The van der Waals surface area contributed by atoms with E-state index in [1.54, 1.807) is 30.3 Å². The Hall–Kier alpha value is -4.24. The van der Waals surface area contributed by atoms with Crippen molar-refractivity contribution < 1.29 is 34.2 Å². The van der Waals surface area contributed by atoms with E-state index in [1.165, 1.54) is 0 Å². The zero-order valence-corrected chi connectivity index (χ0v) is 23.0. The van der Waals surface area contributed by atoms with Crippen molar-refractivity contribution in [1.29, 1.82) is 0 Å². The average molecular weight is 579 g/mol. The molecule has 0 spiro atoms. The summed E-state index contributed by atoms with van der Waals surface area (Å²) in [6.45, 7) is 0.588. The molecule has 4 atom stereocenters. The van der Waals surface area contributed by atoms with Crippen molar-refractivity contribution in [2.45, 2.75) is 75.5 Å². The highest BCUT2D eigenvalue weighted by Crippen LogP contribution is 2.08. The van der Waals surface area contributed by atoms with E-state index in [0.29, 0.717) is 25.8 Å². The van der Waals surface area contributed by atoms with Gasteiger partial charge in [0.05, 0.1) is 6.04 Å². The Morgan fingerprint density at radius 1 is 0.780 bits per heavy atom. The number of carbonyl (C=O) groups excluding carboxylic acids is 3. The van der Waals surface area contributed by atoms with E-state index in [-0.39, 0.29) is 38.2 Å². The number of nitrogens with one attached hydrogen (secondary N) is 3. The highest BCUT2D eigenvalue weighted by atomic mass is 16.4. The van der Waals surface area contributed by atoms with Gasteiger partial charge >= 0.3 is 11.9 Å². The third kappa shape index (κ3) is 14.6. The molecule has 15 heteroatoms. The van der Waals surface area contributed by atoms with E-state index < -0.39 is 60.2 Å². The minimum atomic E-state index is -1.50. The van der Waals surface area contributed by atoms with Crippen LogP contribution in [0.5, 0.6) is 0 Å². The van der Waals surface area contributed by atoms with Crippen LogP contribution in [0.15, 0.2) is 35.3 Å². The molecular weight excluding hydrogens is 536 g/mol. The van der Waals surface area contributed by atoms with Gasteiger partial charge in [-0.15, -0.1) is 0 Å². The van der Waals surface area contributed by atoms with Crippen LogP contribution >= 0.6 is 0 Å². The third-order valence-electron chi connectivity index (χ3n) is 6.06. The first-order chi connectivity index (χ1) is 19.4. The van der Waals surface area contributed by atoms with Gasteiger partial charge in [-0.25, -0.2) is 4.79 Å². The normalized spacial score (nSPS) is 13.6. The summed E-state index contributed by atoms with van der Waals surface area (Å²) in [5.41, 5.74) is 22.9. The monoisotopic (exact) mass is 578 g/mol. The van der Waals surface area contributed by atoms with Crippen molar-refractivity contribution in [3.8, 4) is 0 Å². The molecule has 0 aromatic heterocycles. The number of rotatable bonds is 20. The standard InChI is InChI=1S/C26H42N8O7/c27-13-5-4-9-17(28)22(37)34-20(15-16-7-2-1-3-8-16)24(39)32-18(10-6-14-31-26(29)30)23(38)33-19(25(40)41)11-12-21(35)36/h1-3,7-8,17-20H,4-6,9-15,27-28H2,(H,32,39)(H,33,38)(H,34,37)(H,35,36)(H,40,41)(H4,29,30,31). The molecule has 41 heavy (non-hydrogen) atoms. The van der Waals surface area contributed by atoms with Gasteiger partial charge in [0.1, 0.15) is 18.1 Å². The van der Waals surface area contributed by atoms with Gasteiger partial charge in [-0.2, -0.15) is 0 Å². The Morgan fingerprint density at radius 2 is 1.39 bits per heavy atom. The topological polar surface area (TPSA) is 278 Å². The summed E-state index contributed by atoms with van der Waals surface area (Å²) in [6.07, 6.45) is 1.18. The smallest absolute Gasteiger partial charge is 0.326 e. The second-order valence-corrected chi connectivity index (χ2v) is 9.48. The molecule has 0 aliphatic rings. The third-order valence-corrected chi connectivity index (χ3v) is 6.06. The molecule has 0 radical (unpaired) electrons. The summed E-state index contributed by atoms with van der Waals surface area (Å²) in [4.78, 5) is 65.7. The van der Waals surface area contributed by atoms with Crippen molar-refractivity contribution in [3.63, 3.8) is 0 Å². The first kappa shape index (κ1) is 34.8. The second kappa shape index (κ2) is 18.9.